The summed E-state index contributed by atoms with van der Waals surface area (Å²) in [6, 6.07) is 14.0. The highest BCUT2D eigenvalue weighted by atomic mass is 19.1. The lowest BCUT2D eigenvalue weighted by molar-refractivity contribution is -0.121. The van der Waals surface area contributed by atoms with Gasteiger partial charge in [0.1, 0.15) is 17.3 Å². The SMILES string of the molecule is O=C(CCc1cccc(Oc2ccc(F)cc2)c1)NC1CCCC1. The molecule has 4 heteroatoms. The van der Waals surface area contributed by atoms with Gasteiger partial charge in [0.25, 0.3) is 0 Å². The predicted molar refractivity (Wildman–Crippen MR) is 91.6 cm³/mol. The quantitative estimate of drug-likeness (QED) is 0.841. The number of amides is 1. The molecule has 3 nitrogen and oxygen atoms in total. The second kappa shape index (κ2) is 7.95. The van der Waals surface area contributed by atoms with Gasteiger partial charge < -0.3 is 10.1 Å². The molecule has 0 bridgehead atoms. The van der Waals surface area contributed by atoms with Gasteiger partial charge in [0.05, 0.1) is 0 Å². The van der Waals surface area contributed by atoms with Gasteiger partial charge in [0.2, 0.25) is 5.91 Å². The van der Waals surface area contributed by atoms with Crippen LogP contribution in [0, 0.1) is 5.82 Å². The first-order valence-electron chi connectivity index (χ1n) is 8.51. The van der Waals surface area contributed by atoms with Crippen molar-refractivity contribution in [1.29, 1.82) is 0 Å². The molecule has 1 fully saturated rings. The first kappa shape index (κ1) is 16.5. The number of ether oxygens (including phenoxy) is 1. The molecule has 0 atom stereocenters. The van der Waals surface area contributed by atoms with Crippen molar-refractivity contribution in [2.75, 3.05) is 0 Å². The van der Waals surface area contributed by atoms with Crippen LogP contribution < -0.4 is 10.1 Å². The third-order valence-electron chi connectivity index (χ3n) is 4.31. The molecule has 1 amide bonds. The van der Waals surface area contributed by atoms with E-state index >= 15 is 0 Å². The van der Waals surface area contributed by atoms with E-state index in [1.807, 2.05) is 24.3 Å². The molecule has 1 N–H and O–H groups in total. The molecular formula is C20H22FNO2. The Balaban J connectivity index is 1.52. The van der Waals surface area contributed by atoms with E-state index in [-0.39, 0.29) is 11.7 Å². The molecule has 0 radical (unpaired) electrons. The van der Waals surface area contributed by atoms with Crippen LogP contribution in [0.25, 0.3) is 0 Å². The summed E-state index contributed by atoms with van der Waals surface area (Å²) in [4.78, 5) is 12.0. The number of hydrogen-bond donors (Lipinski definition) is 1. The molecule has 3 rings (SSSR count). The Bertz CT molecular complexity index is 678. The maximum atomic E-state index is 12.9. The van der Waals surface area contributed by atoms with Crippen molar-refractivity contribution >= 4 is 5.91 Å². The summed E-state index contributed by atoms with van der Waals surface area (Å²) in [5, 5.41) is 3.10. The van der Waals surface area contributed by atoms with E-state index < -0.39 is 0 Å². The fourth-order valence-electron chi connectivity index (χ4n) is 3.03. The van der Waals surface area contributed by atoms with Gasteiger partial charge in [-0.05, 0) is 61.2 Å². The minimum atomic E-state index is -0.288. The molecule has 0 aromatic heterocycles. The average molecular weight is 327 g/mol. The van der Waals surface area contributed by atoms with E-state index in [1.54, 1.807) is 12.1 Å². The van der Waals surface area contributed by atoms with E-state index in [9.17, 15) is 9.18 Å². The van der Waals surface area contributed by atoms with Crippen LogP contribution in [0.4, 0.5) is 4.39 Å². The normalized spacial score (nSPS) is 14.5. The third kappa shape index (κ3) is 4.82. The van der Waals surface area contributed by atoms with Crippen LogP contribution >= 0.6 is 0 Å². The Kier molecular flexibility index (Phi) is 5.47. The second-order valence-electron chi connectivity index (χ2n) is 6.25. The first-order chi connectivity index (χ1) is 11.7. The van der Waals surface area contributed by atoms with Crippen molar-refractivity contribution in [3.63, 3.8) is 0 Å². The fourth-order valence-corrected chi connectivity index (χ4v) is 3.03. The van der Waals surface area contributed by atoms with Crippen molar-refractivity contribution in [1.82, 2.24) is 5.32 Å². The summed E-state index contributed by atoms with van der Waals surface area (Å²) in [5.74, 6) is 1.11. The second-order valence-corrected chi connectivity index (χ2v) is 6.25. The van der Waals surface area contributed by atoms with Crippen LogP contribution in [0.15, 0.2) is 48.5 Å². The molecule has 0 aliphatic heterocycles. The first-order valence-corrected chi connectivity index (χ1v) is 8.51. The van der Waals surface area contributed by atoms with E-state index in [4.69, 9.17) is 4.74 Å². The number of benzene rings is 2. The van der Waals surface area contributed by atoms with Crippen molar-refractivity contribution < 1.29 is 13.9 Å². The topological polar surface area (TPSA) is 38.3 Å². The van der Waals surface area contributed by atoms with Crippen molar-refractivity contribution in [3.8, 4) is 11.5 Å². The summed E-state index contributed by atoms with van der Waals surface area (Å²) in [7, 11) is 0. The largest absolute Gasteiger partial charge is 0.457 e. The Labute approximate surface area is 141 Å². The van der Waals surface area contributed by atoms with Crippen molar-refractivity contribution in [2.24, 2.45) is 0 Å². The van der Waals surface area contributed by atoms with Gasteiger partial charge in [0.15, 0.2) is 0 Å². The zero-order valence-corrected chi connectivity index (χ0v) is 13.6. The van der Waals surface area contributed by atoms with Gasteiger partial charge in [0, 0.05) is 12.5 Å². The molecule has 24 heavy (non-hydrogen) atoms. The lowest BCUT2D eigenvalue weighted by atomic mass is 10.1. The summed E-state index contributed by atoms with van der Waals surface area (Å²) in [6.45, 7) is 0. The van der Waals surface area contributed by atoms with Crippen LogP contribution in [0.5, 0.6) is 11.5 Å². The number of rotatable bonds is 6. The minimum absolute atomic E-state index is 0.117. The monoisotopic (exact) mass is 327 g/mol. The Morgan fingerprint density at radius 1 is 1.08 bits per heavy atom. The molecule has 2 aromatic carbocycles. The zero-order chi connectivity index (χ0) is 16.8. The van der Waals surface area contributed by atoms with Crippen LogP contribution in [-0.4, -0.2) is 11.9 Å². The van der Waals surface area contributed by atoms with Gasteiger partial charge in [-0.2, -0.15) is 0 Å². The van der Waals surface area contributed by atoms with Gasteiger partial charge >= 0.3 is 0 Å². The highest BCUT2D eigenvalue weighted by Gasteiger charge is 2.16. The lowest BCUT2D eigenvalue weighted by Gasteiger charge is -2.12. The van der Waals surface area contributed by atoms with Gasteiger partial charge in [-0.1, -0.05) is 25.0 Å². The highest BCUT2D eigenvalue weighted by Crippen LogP contribution is 2.23. The van der Waals surface area contributed by atoms with Crippen LogP contribution in [-0.2, 0) is 11.2 Å². The number of carbonyl (C=O) groups is 1. The zero-order valence-electron chi connectivity index (χ0n) is 13.6. The fraction of sp³-hybridized carbons (Fsp3) is 0.350. The Hall–Kier alpha value is -2.36. The standard InChI is InChI=1S/C20H22FNO2/c21-16-9-11-18(12-10-16)24-19-7-3-4-15(14-19)8-13-20(23)22-17-5-1-2-6-17/h3-4,7,9-12,14,17H,1-2,5-6,8,13H2,(H,22,23). The predicted octanol–water partition coefficient (Wildman–Crippen LogP) is 4.61. The molecule has 2 aromatic rings. The maximum absolute atomic E-state index is 12.9. The van der Waals surface area contributed by atoms with Crippen LogP contribution in [0.2, 0.25) is 0 Å². The molecule has 126 valence electrons. The number of nitrogens with one attached hydrogen (secondary N) is 1. The molecule has 1 saturated carbocycles. The van der Waals surface area contributed by atoms with Crippen molar-refractivity contribution in [3.05, 3.63) is 59.9 Å². The van der Waals surface area contributed by atoms with Gasteiger partial charge in [-0.25, -0.2) is 4.39 Å². The molecule has 0 unspecified atom stereocenters. The van der Waals surface area contributed by atoms with E-state index in [1.165, 1.54) is 25.0 Å². The number of halogens is 1. The smallest absolute Gasteiger partial charge is 0.220 e. The van der Waals surface area contributed by atoms with E-state index in [0.29, 0.717) is 30.4 Å². The summed E-state index contributed by atoms with van der Waals surface area (Å²) in [6.07, 6.45) is 5.80. The summed E-state index contributed by atoms with van der Waals surface area (Å²) in [5.41, 5.74) is 1.05. The van der Waals surface area contributed by atoms with E-state index in [2.05, 4.69) is 5.32 Å². The van der Waals surface area contributed by atoms with Gasteiger partial charge in [-0.3, -0.25) is 4.79 Å². The van der Waals surface area contributed by atoms with Crippen LogP contribution in [0.3, 0.4) is 0 Å². The molecule has 1 aliphatic rings. The van der Waals surface area contributed by atoms with Crippen LogP contribution in [0.1, 0.15) is 37.7 Å². The third-order valence-corrected chi connectivity index (χ3v) is 4.31. The number of hydrogen-bond acceptors (Lipinski definition) is 2. The molecule has 0 saturated heterocycles. The molecule has 0 spiro atoms. The Morgan fingerprint density at radius 3 is 2.58 bits per heavy atom. The molecule has 1 aliphatic carbocycles. The van der Waals surface area contributed by atoms with Crippen molar-refractivity contribution in [2.45, 2.75) is 44.6 Å². The Morgan fingerprint density at radius 2 is 1.83 bits per heavy atom. The minimum Gasteiger partial charge on any atom is -0.457 e. The highest BCUT2D eigenvalue weighted by molar-refractivity contribution is 5.76. The average Bonchev–Trinajstić information content (AvgIpc) is 3.08. The van der Waals surface area contributed by atoms with Gasteiger partial charge in [-0.15, -0.1) is 0 Å². The summed E-state index contributed by atoms with van der Waals surface area (Å²) >= 11 is 0. The lowest BCUT2D eigenvalue weighted by Crippen LogP contribution is -2.32. The summed E-state index contributed by atoms with van der Waals surface area (Å²) < 4.78 is 18.6. The maximum Gasteiger partial charge on any atom is 0.220 e. The number of carbonyl (C=O) groups excluding carboxylic acids is 1. The molecular weight excluding hydrogens is 305 g/mol. The van der Waals surface area contributed by atoms with E-state index in [0.717, 1.165) is 18.4 Å². The number of aryl methyl sites for hydroxylation is 1. The molecule has 0 heterocycles.